The highest BCUT2D eigenvalue weighted by Crippen LogP contribution is 2.28. The number of carbonyl (C=O) groups excluding carboxylic acids is 1. The molecule has 2 aromatic carbocycles. The van der Waals surface area contributed by atoms with Gasteiger partial charge in [-0.2, -0.15) is 9.97 Å². The molecule has 1 amide bonds. The summed E-state index contributed by atoms with van der Waals surface area (Å²) in [5, 5.41) is 2.14. The maximum atomic E-state index is 13.0. The summed E-state index contributed by atoms with van der Waals surface area (Å²) in [6, 6.07) is 16.2. The van der Waals surface area contributed by atoms with E-state index in [0.717, 1.165) is 73.4 Å². The highest BCUT2D eigenvalue weighted by Gasteiger charge is 2.26. The van der Waals surface area contributed by atoms with Crippen LogP contribution in [0.1, 0.15) is 25.7 Å². The van der Waals surface area contributed by atoms with Crippen LogP contribution in [-0.4, -0.2) is 79.7 Å². The third-order valence-electron chi connectivity index (χ3n) is 7.56. The summed E-state index contributed by atoms with van der Waals surface area (Å²) in [7, 11) is 0. The van der Waals surface area contributed by atoms with Crippen molar-refractivity contribution >= 4 is 34.3 Å². The minimum absolute atomic E-state index is 0.0285. The van der Waals surface area contributed by atoms with Gasteiger partial charge in [0.05, 0.1) is 0 Å². The number of hydrogen-bond donors (Lipinski definition) is 0. The number of rotatable bonds is 6. The van der Waals surface area contributed by atoms with Crippen LogP contribution in [0.15, 0.2) is 48.5 Å². The number of hydrogen-bond acceptors (Lipinski definition) is 7. The number of carbonyl (C=O) groups is 1. The first-order valence-electron chi connectivity index (χ1n) is 13.3. The molecular weight excluding hydrogens is 452 g/mol. The molecule has 0 saturated carbocycles. The van der Waals surface area contributed by atoms with Gasteiger partial charge in [0.25, 0.3) is 5.91 Å². The highest BCUT2D eigenvalue weighted by atomic mass is 16.5. The van der Waals surface area contributed by atoms with Gasteiger partial charge < -0.3 is 24.3 Å². The van der Waals surface area contributed by atoms with Gasteiger partial charge in [-0.25, -0.2) is 0 Å². The minimum atomic E-state index is 0.0285. The van der Waals surface area contributed by atoms with E-state index in [2.05, 4.69) is 32.9 Å². The fraction of sp³-hybridized carbons (Fsp3) is 0.464. The van der Waals surface area contributed by atoms with Crippen molar-refractivity contribution in [2.75, 3.05) is 73.7 Å². The smallest absolute Gasteiger partial charge is 0.260 e. The van der Waals surface area contributed by atoms with E-state index in [1.54, 1.807) is 0 Å². The number of amides is 1. The lowest BCUT2D eigenvalue weighted by molar-refractivity contribution is -0.133. The van der Waals surface area contributed by atoms with Crippen LogP contribution in [0.2, 0.25) is 0 Å². The SMILES string of the molecule is O=C(COc1cccc2ccccc12)N1CCN(c2cc(N3CCCC3)nc(N3CCCC3)n2)CC1. The van der Waals surface area contributed by atoms with E-state index in [1.165, 1.54) is 25.7 Å². The van der Waals surface area contributed by atoms with E-state index in [0.29, 0.717) is 13.1 Å². The van der Waals surface area contributed by atoms with Gasteiger partial charge in [-0.1, -0.05) is 36.4 Å². The molecule has 3 fully saturated rings. The predicted molar refractivity (Wildman–Crippen MR) is 143 cm³/mol. The molecule has 0 N–H and O–H groups in total. The second-order valence-electron chi connectivity index (χ2n) is 9.91. The molecule has 188 valence electrons. The third kappa shape index (κ3) is 4.76. The largest absolute Gasteiger partial charge is 0.483 e. The molecule has 3 saturated heterocycles. The summed E-state index contributed by atoms with van der Waals surface area (Å²) >= 11 is 0. The van der Waals surface area contributed by atoms with Crippen molar-refractivity contribution in [2.24, 2.45) is 0 Å². The standard InChI is InChI=1S/C28H34N6O2/c35-27(21-36-24-11-7-9-22-8-1-2-10-23(22)24)33-18-16-32(17-19-33)26-20-25(31-12-3-4-13-31)29-28(30-26)34-14-5-6-15-34/h1-2,7-11,20H,3-6,12-19,21H2. The van der Waals surface area contributed by atoms with Crippen molar-refractivity contribution in [3.8, 4) is 5.75 Å². The van der Waals surface area contributed by atoms with Gasteiger partial charge in [0.1, 0.15) is 17.4 Å². The van der Waals surface area contributed by atoms with Crippen LogP contribution in [0, 0.1) is 0 Å². The average Bonchev–Trinajstić information content (AvgIpc) is 3.67. The fourth-order valence-electron chi connectivity index (χ4n) is 5.48. The highest BCUT2D eigenvalue weighted by molar-refractivity contribution is 5.88. The van der Waals surface area contributed by atoms with Gasteiger partial charge in [-0.3, -0.25) is 4.79 Å². The van der Waals surface area contributed by atoms with Gasteiger partial charge in [0.2, 0.25) is 5.95 Å². The van der Waals surface area contributed by atoms with Gasteiger partial charge in [-0.15, -0.1) is 0 Å². The molecule has 8 heteroatoms. The Morgan fingerprint density at radius 2 is 1.33 bits per heavy atom. The van der Waals surface area contributed by atoms with Crippen LogP contribution in [0.3, 0.4) is 0 Å². The van der Waals surface area contributed by atoms with E-state index < -0.39 is 0 Å². The topological polar surface area (TPSA) is 65.0 Å². The second kappa shape index (κ2) is 10.2. The van der Waals surface area contributed by atoms with E-state index >= 15 is 0 Å². The molecule has 3 aromatic rings. The number of benzene rings is 2. The van der Waals surface area contributed by atoms with Crippen LogP contribution < -0.4 is 19.4 Å². The van der Waals surface area contributed by atoms with E-state index in [-0.39, 0.29) is 12.5 Å². The number of anilines is 3. The minimum Gasteiger partial charge on any atom is -0.483 e. The number of ether oxygens (including phenoxy) is 1. The Labute approximate surface area is 212 Å². The molecular formula is C28H34N6O2. The predicted octanol–water partition coefficient (Wildman–Crippen LogP) is 3.56. The number of piperazine rings is 1. The Balaban J connectivity index is 1.11. The summed E-state index contributed by atoms with van der Waals surface area (Å²) in [6.07, 6.45) is 4.85. The van der Waals surface area contributed by atoms with Gasteiger partial charge in [0, 0.05) is 63.8 Å². The van der Waals surface area contributed by atoms with Gasteiger partial charge in [0.15, 0.2) is 6.61 Å². The van der Waals surface area contributed by atoms with Crippen LogP contribution >= 0.6 is 0 Å². The Morgan fingerprint density at radius 3 is 2.06 bits per heavy atom. The zero-order valence-electron chi connectivity index (χ0n) is 20.8. The monoisotopic (exact) mass is 486 g/mol. The summed E-state index contributed by atoms with van der Waals surface area (Å²) in [5.41, 5.74) is 0. The number of aromatic nitrogens is 2. The van der Waals surface area contributed by atoms with Crippen molar-refractivity contribution in [1.82, 2.24) is 14.9 Å². The Hall–Kier alpha value is -3.55. The molecule has 3 aliphatic heterocycles. The first kappa shape index (κ1) is 22.9. The first-order chi connectivity index (χ1) is 17.7. The van der Waals surface area contributed by atoms with Gasteiger partial charge in [-0.05, 0) is 37.1 Å². The van der Waals surface area contributed by atoms with Gasteiger partial charge >= 0.3 is 0 Å². The molecule has 1 aromatic heterocycles. The molecule has 0 radical (unpaired) electrons. The molecule has 0 unspecified atom stereocenters. The Bertz CT molecular complexity index is 1170. The summed E-state index contributed by atoms with van der Waals surface area (Å²) in [6.45, 7) is 7.10. The van der Waals surface area contributed by atoms with Crippen LogP contribution in [0.4, 0.5) is 17.6 Å². The Kier molecular flexibility index (Phi) is 6.49. The molecule has 3 aliphatic rings. The molecule has 0 spiro atoms. The second-order valence-corrected chi connectivity index (χ2v) is 9.91. The number of fused-ring (bicyclic) bond motifs is 1. The van der Waals surface area contributed by atoms with E-state index in [1.807, 2.05) is 35.2 Å². The number of nitrogens with zero attached hydrogens (tertiary/aromatic N) is 6. The van der Waals surface area contributed by atoms with Crippen LogP contribution in [-0.2, 0) is 4.79 Å². The maximum absolute atomic E-state index is 13.0. The first-order valence-corrected chi connectivity index (χ1v) is 13.3. The lowest BCUT2D eigenvalue weighted by Gasteiger charge is -2.36. The summed E-state index contributed by atoms with van der Waals surface area (Å²) in [4.78, 5) is 31.8. The zero-order valence-corrected chi connectivity index (χ0v) is 20.8. The van der Waals surface area contributed by atoms with Crippen LogP contribution in [0.25, 0.3) is 10.8 Å². The van der Waals surface area contributed by atoms with Crippen molar-refractivity contribution in [1.29, 1.82) is 0 Å². The quantitative estimate of drug-likeness (QED) is 0.528. The van der Waals surface area contributed by atoms with Crippen LogP contribution in [0.5, 0.6) is 5.75 Å². The van der Waals surface area contributed by atoms with Crippen molar-refractivity contribution in [3.63, 3.8) is 0 Å². The molecule has 0 atom stereocenters. The zero-order chi connectivity index (χ0) is 24.3. The third-order valence-corrected chi connectivity index (χ3v) is 7.56. The molecule has 8 nitrogen and oxygen atoms in total. The van der Waals surface area contributed by atoms with Crippen molar-refractivity contribution in [3.05, 3.63) is 48.5 Å². The lowest BCUT2D eigenvalue weighted by Crippen LogP contribution is -2.50. The normalized spacial score (nSPS) is 18.3. The molecule has 0 bridgehead atoms. The average molecular weight is 487 g/mol. The van der Waals surface area contributed by atoms with Crippen molar-refractivity contribution in [2.45, 2.75) is 25.7 Å². The summed E-state index contributed by atoms with van der Waals surface area (Å²) < 4.78 is 5.95. The van der Waals surface area contributed by atoms with E-state index in [9.17, 15) is 4.79 Å². The molecule has 0 aliphatic carbocycles. The maximum Gasteiger partial charge on any atom is 0.260 e. The molecule has 4 heterocycles. The van der Waals surface area contributed by atoms with Crippen molar-refractivity contribution < 1.29 is 9.53 Å². The molecule has 36 heavy (non-hydrogen) atoms. The fourth-order valence-corrected chi connectivity index (χ4v) is 5.48. The molecule has 6 rings (SSSR count). The Morgan fingerprint density at radius 1 is 0.722 bits per heavy atom. The van der Waals surface area contributed by atoms with E-state index in [4.69, 9.17) is 14.7 Å². The lowest BCUT2D eigenvalue weighted by atomic mass is 10.1. The summed E-state index contributed by atoms with van der Waals surface area (Å²) in [5.74, 6) is 3.66.